The Labute approximate surface area is 73.6 Å². The largest absolute Gasteiger partial charge is 0.348 e. The number of nitrogens with zero attached hydrogens (tertiary/aromatic N) is 1. The van der Waals surface area contributed by atoms with Crippen LogP contribution in [0.1, 0.15) is 13.3 Å². The maximum absolute atomic E-state index is 3.89. The SMILES string of the molecule is C=C1C=CNC(=C)N1/C=C\CC. The maximum atomic E-state index is 3.89. The van der Waals surface area contributed by atoms with Crippen molar-refractivity contribution in [3.8, 4) is 0 Å². The lowest BCUT2D eigenvalue weighted by molar-refractivity contribution is 0.543. The van der Waals surface area contributed by atoms with Gasteiger partial charge in [-0.3, -0.25) is 0 Å². The van der Waals surface area contributed by atoms with Crippen molar-refractivity contribution in [2.24, 2.45) is 0 Å². The third-order valence-corrected chi connectivity index (χ3v) is 1.62. The molecule has 0 bridgehead atoms. The summed E-state index contributed by atoms with van der Waals surface area (Å²) in [5.74, 6) is 0.840. The number of hydrogen-bond acceptors (Lipinski definition) is 2. The molecular weight excluding hydrogens is 148 g/mol. The molecule has 0 aromatic heterocycles. The lowest BCUT2D eigenvalue weighted by Crippen LogP contribution is -2.25. The number of rotatable bonds is 2. The highest BCUT2D eigenvalue weighted by Crippen LogP contribution is 2.13. The van der Waals surface area contributed by atoms with Gasteiger partial charge < -0.3 is 10.2 Å². The molecule has 0 saturated carbocycles. The lowest BCUT2D eigenvalue weighted by Gasteiger charge is -2.26. The molecule has 12 heavy (non-hydrogen) atoms. The molecule has 0 fully saturated rings. The zero-order chi connectivity index (χ0) is 8.97. The van der Waals surface area contributed by atoms with Gasteiger partial charge in [0.15, 0.2) is 0 Å². The molecule has 0 radical (unpaired) electrons. The van der Waals surface area contributed by atoms with E-state index in [9.17, 15) is 0 Å². The zero-order valence-electron chi connectivity index (χ0n) is 7.38. The van der Waals surface area contributed by atoms with E-state index in [0.717, 1.165) is 17.9 Å². The van der Waals surface area contributed by atoms with Gasteiger partial charge in [0.2, 0.25) is 0 Å². The number of allylic oxidation sites excluding steroid dienone is 2. The molecule has 1 N–H and O–H groups in total. The minimum absolute atomic E-state index is 0.840. The summed E-state index contributed by atoms with van der Waals surface area (Å²) in [6.45, 7) is 9.83. The standard InChI is InChI=1S/C10H14N2/c1-4-5-8-12-9(2)6-7-11-10(12)3/h5-8,11H,2-4H2,1H3/b8-5-. The predicted octanol–water partition coefficient (Wildman–Crippen LogP) is 2.31. The second-order valence-electron chi connectivity index (χ2n) is 2.58. The van der Waals surface area contributed by atoms with Crippen molar-refractivity contribution in [2.45, 2.75) is 13.3 Å². The van der Waals surface area contributed by atoms with Crippen LogP contribution in [0.3, 0.4) is 0 Å². The van der Waals surface area contributed by atoms with E-state index < -0.39 is 0 Å². The normalized spacial score (nSPS) is 17.2. The van der Waals surface area contributed by atoms with Gasteiger partial charge >= 0.3 is 0 Å². The molecule has 0 aromatic rings. The monoisotopic (exact) mass is 162 g/mol. The molecule has 1 heterocycles. The molecule has 0 atom stereocenters. The predicted molar refractivity (Wildman–Crippen MR) is 51.8 cm³/mol. The first kappa shape index (κ1) is 8.65. The first-order chi connectivity index (χ1) is 5.75. The maximum Gasteiger partial charge on any atom is 0.106 e. The van der Waals surface area contributed by atoms with E-state index in [4.69, 9.17) is 0 Å². The lowest BCUT2D eigenvalue weighted by atomic mass is 10.3. The summed E-state index contributed by atoms with van der Waals surface area (Å²) in [5.41, 5.74) is 0.934. The molecule has 1 aliphatic rings. The highest BCUT2D eigenvalue weighted by molar-refractivity contribution is 5.26. The minimum atomic E-state index is 0.840. The Balaban J connectivity index is 2.73. The van der Waals surface area contributed by atoms with Crippen molar-refractivity contribution >= 4 is 0 Å². The van der Waals surface area contributed by atoms with Gasteiger partial charge in [0, 0.05) is 18.1 Å². The molecule has 0 amide bonds. The minimum Gasteiger partial charge on any atom is -0.348 e. The molecule has 1 rings (SSSR count). The highest BCUT2D eigenvalue weighted by atomic mass is 15.2. The van der Waals surface area contributed by atoms with Crippen LogP contribution in [-0.4, -0.2) is 4.90 Å². The summed E-state index contributed by atoms with van der Waals surface area (Å²) >= 11 is 0. The summed E-state index contributed by atoms with van der Waals surface area (Å²) in [7, 11) is 0. The fourth-order valence-corrected chi connectivity index (χ4v) is 0.954. The van der Waals surface area contributed by atoms with Crippen LogP contribution in [0.25, 0.3) is 0 Å². The van der Waals surface area contributed by atoms with Gasteiger partial charge in [0.1, 0.15) is 5.82 Å². The second-order valence-corrected chi connectivity index (χ2v) is 2.58. The first-order valence-electron chi connectivity index (χ1n) is 4.02. The molecule has 0 aliphatic carbocycles. The fraction of sp³-hybridized carbons (Fsp3) is 0.200. The molecular formula is C10H14N2. The Morgan fingerprint density at radius 3 is 2.92 bits per heavy atom. The molecule has 1 aliphatic heterocycles. The molecule has 2 heteroatoms. The van der Waals surface area contributed by atoms with Crippen LogP contribution in [0.5, 0.6) is 0 Å². The fourth-order valence-electron chi connectivity index (χ4n) is 0.954. The summed E-state index contributed by atoms with van der Waals surface area (Å²) in [4.78, 5) is 1.92. The summed E-state index contributed by atoms with van der Waals surface area (Å²) in [6, 6.07) is 0. The van der Waals surface area contributed by atoms with E-state index in [1.165, 1.54) is 0 Å². The van der Waals surface area contributed by atoms with E-state index >= 15 is 0 Å². The van der Waals surface area contributed by atoms with Crippen LogP contribution >= 0.6 is 0 Å². The van der Waals surface area contributed by atoms with E-state index in [0.29, 0.717) is 0 Å². The van der Waals surface area contributed by atoms with Crippen molar-refractivity contribution in [2.75, 3.05) is 0 Å². The third kappa shape index (κ3) is 1.78. The van der Waals surface area contributed by atoms with Crippen LogP contribution in [0.2, 0.25) is 0 Å². The average Bonchev–Trinajstić information content (AvgIpc) is 2.04. The summed E-state index contributed by atoms with van der Waals surface area (Å²) in [6.07, 6.45) is 8.80. The van der Waals surface area contributed by atoms with Gasteiger partial charge in [-0.2, -0.15) is 0 Å². The summed E-state index contributed by atoms with van der Waals surface area (Å²) in [5, 5.41) is 3.01. The third-order valence-electron chi connectivity index (χ3n) is 1.62. The first-order valence-corrected chi connectivity index (χ1v) is 4.02. The van der Waals surface area contributed by atoms with E-state index in [1.807, 2.05) is 23.4 Å². The van der Waals surface area contributed by atoms with Crippen LogP contribution < -0.4 is 5.32 Å². The van der Waals surface area contributed by atoms with Crippen LogP contribution in [-0.2, 0) is 0 Å². The van der Waals surface area contributed by atoms with Crippen molar-refractivity contribution < 1.29 is 0 Å². The Bertz CT molecular complexity index is 249. The Morgan fingerprint density at radius 2 is 2.33 bits per heavy atom. The van der Waals surface area contributed by atoms with Gasteiger partial charge in [0.25, 0.3) is 0 Å². The second kappa shape index (κ2) is 3.81. The summed E-state index contributed by atoms with van der Waals surface area (Å²) < 4.78 is 0. The Hall–Kier alpha value is -1.44. The van der Waals surface area contributed by atoms with Gasteiger partial charge in [-0.15, -0.1) is 0 Å². The van der Waals surface area contributed by atoms with E-state index in [1.54, 1.807) is 0 Å². The molecule has 0 unspecified atom stereocenters. The highest BCUT2D eigenvalue weighted by Gasteiger charge is 2.07. The van der Waals surface area contributed by atoms with E-state index in [2.05, 4.69) is 31.5 Å². The van der Waals surface area contributed by atoms with Crippen molar-refractivity contribution in [1.82, 2.24) is 10.2 Å². The van der Waals surface area contributed by atoms with E-state index in [-0.39, 0.29) is 0 Å². The molecule has 2 nitrogen and oxygen atoms in total. The van der Waals surface area contributed by atoms with Gasteiger partial charge in [-0.1, -0.05) is 26.2 Å². The Kier molecular flexibility index (Phi) is 2.75. The van der Waals surface area contributed by atoms with Gasteiger partial charge in [-0.05, 0) is 12.5 Å². The quantitative estimate of drug-likeness (QED) is 0.670. The topological polar surface area (TPSA) is 15.3 Å². The van der Waals surface area contributed by atoms with Crippen LogP contribution in [0, 0.1) is 0 Å². The average molecular weight is 162 g/mol. The number of hydrogen-bond donors (Lipinski definition) is 1. The molecule has 64 valence electrons. The van der Waals surface area contributed by atoms with Crippen molar-refractivity contribution in [1.29, 1.82) is 0 Å². The smallest absolute Gasteiger partial charge is 0.106 e. The zero-order valence-corrected chi connectivity index (χ0v) is 7.38. The van der Waals surface area contributed by atoms with Crippen LogP contribution in [0.15, 0.2) is 49.2 Å². The van der Waals surface area contributed by atoms with Crippen molar-refractivity contribution in [3.05, 3.63) is 49.2 Å². The van der Waals surface area contributed by atoms with Gasteiger partial charge in [-0.25, -0.2) is 0 Å². The number of nitrogens with one attached hydrogen (secondary N) is 1. The molecule has 0 spiro atoms. The van der Waals surface area contributed by atoms with Crippen molar-refractivity contribution in [3.63, 3.8) is 0 Å². The Morgan fingerprint density at radius 1 is 1.58 bits per heavy atom. The molecule has 0 aromatic carbocycles. The van der Waals surface area contributed by atoms with Crippen LogP contribution in [0.4, 0.5) is 0 Å². The van der Waals surface area contributed by atoms with Gasteiger partial charge in [0.05, 0.1) is 0 Å². The molecule has 0 saturated heterocycles.